The van der Waals surface area contributed by atoms with Gasteiger partial charge >= 0.3 is 5.97 Å². The minimum atomic E-state index is -4.40. The molecule has 148 valence electrons. The number of rotatable bonds is 6. The molecule has 0 aliphatic rings. The summed E-state index contributed by atoms with van der Waals surface area (Å²) in [5.74, 6) is -1.56. The molecule has 0 amide bonds. The molecule has 0 aliphatic heterocycles. The molecule has 0 bridgehead atoms. The first kappa shape index (κ1) is 20.2. The van der Waals surface area contributed by atoms with Gasteiger partial charge in [0.1, 0.15) is 17.3 Å². The van der Waals surface area contributed by atoms with Crippen LogP contribution in [0.2, 0.25) is 0 Å². The number of nitrogens with zero attached hydrogens (tertiary/aromatic N) is 1. The lowest BCUT2D eigenvalue weighted by atomic mass is 10.2. The predicted octanol–water partition coefficient (Wildman–Crippen LogP) is 3.92. The topological polar surface area (TPSA) is 104 Å². The zero-order valence-corrected chi connectivity index (χ0v) is 15.6. The number of nitro benzene ring substituents is 1. The molecule has 9 heteroatoms. The van der Waals surface area contributed by atoms with Gasteiger partial charge in [0.05, 0.1) is 15.4 Å². The number of ether oxygens (including phenoxy) is 1. The fourth-order valence-electron chi connectivity index (χ4n) is 2.66. The van der Waals surface area contributed by atoms with Crippen molar-refractivity contribution in [1.29, 1.82) is 0 Å². The van der Waals surface area contributed by atoms with Crippen molar-refractivity contribution in [2.75, 3.05) is 0 Å². The summed E-state index contributed by atoms with van der Waals surface area (Å²) in [5, 5.41) is 11.2. The number of hydrogen-bond acceptors (Lipinski definition) is 6. The second-order valence-corrected chi connectivity index (χ2v) is 7.78. The molecule has 3 rings (SSSR count). The van der Waals surface area contributed by atoms with E-state index in [1.165, 1.54) is 48.5 Å². The number of carbonyl (C=O) groups is 1. The summed E-state index contributed by atoms with van der Waals surface area (Å²) < 4.78 is 44.8. The molecule has 0 fully saturated rings. The van der Waals surface area contributed by atoms with Crippen LogP contribution in [0.15, 0.2) is 82.6 Å². The maximum Gasteiger partial charge on any atom is 0.339 e. The summed E-state index contributed by atoms with van der Waals surface area (Å²) in [6.45, 7) is -0.397. The van der Waals surface area contributed by atoms with E-state index in [2.05, 4.69) is 0 Å². The second kappa shape index (κ2) is 8.19. The molecule has 0 saturated heterocycles. The summed E-state index contributed by atoms with van der Waals surface area (Å²) in [7, 11) is -4.40. The van der Waals surface area contributed by atoms with E-state index < -0.39 is 48.6 Å². The van der Waals surface area contributed by atoms with E-state index in [1.54, 1.807) is 6.07 Å². The normalized spacial score (nSPS) is 11.1. The van der Waals surface area contributed by atoms with Crippen LogP contribution in [0.25, 0.3) is 0 Å². The monoisotopic (exact) mass is 415 g/mol. The molecular formula is C20H14FNO6S. The second-order valence-electron chi connectivity index (χ2n) is 5.89. The van der Waals surface area contributed by atoms with E-state index in [4.69, 9.17) is 4.74 Å². The van der Waals surface area contributed by atoms with Crippen molar-refractivity contribution in [3.05, 3.63) is 99.9 Å². The van der Waals surface area contributed by atoms with Crippen molar-refractivity contribution in [3.63, 3.8) is 0 Å². The SMILES string of the molecule is O=C(OCc1ccccc1F)c1ccccc1S(=O)(=O)c1ccccc1[N+](=O)[O-]. The molecule has 0 saturated carbocycles. The summed E-state index contributed by atoms with van der Waals surface area (Å²) in [5.41, 5.74) is -0.788. The van der Waals surface area contributed by atoms with E-state index >= 15 is 0 Å². The highest BCUT2D eigenvalue weighted by Gasteiger charge is 2.31. The average molecular weight is 415 g/mol. The van der Waals surface area contributed by atoms with Crippen molar-refractivity contribution < 1.29 is 27.3 Å². The van der Waals surface area contributed by atoms with Gasteiger partial charge in [0.2, 0.25) is 9.84 Å². The van der Waals surface area contributed by atoms with Gasteiger partial charge in [0.15, 0.2) is 0 Å². The lowest BCUT2D eigenvalue weighted by molar-refractivity contribution is -0.387. The third-order valence-corrected chi connectivity index (χ3v) is 5.92. The summed E-state index contributed by atoms with van der Waals surface area (Å²) >= 11 is 0. The Labute approximate surface area is 165 Å². The summed E-state index contributed by atoms with van der Waals surface area (Å²) in [6.07, 6.45) is 0. The van der Waals surface area contributed by atoms with Crippen molar-refractivity contribution in [2.45, 2.75) is 16.4 Å². The van der Waals surface area contributed by atoms with Crippen molar-refractivity contribution >= 4 is 21.5 Å². The van der Waals surface area contributed by atoms with E-state index in [0.29, 0.717) is 0 Å². The van der Waals surface area contributed by atoms with Gasteiger partial charge in [-0.3, -0.25) is 10.1 Å². The van der Waals surface area contributed by atoms with Crippen LogP contribution in [0.1, 0.15) is 15.9 Å². The Bertz CT molecular complexity index is 1190. The summed E-state index contributed by atoms with van der Waals surface area (Å²) in [4.78, 5) is 21.9. The molecule has 0 heterocycles. The Hall–Kier alpha value is -3.59. The standard InChI is InChI=1S/C20H14FNO6S/c21-16-9-3-1-7-14(16)13-28-20(23)15-8-2-5-11-18(15)29(26,27)19-12-6-4-10-17(19)22(24)25/h1-12H,13H2. The van der Waals surface area contributed by atoms with Crippen LogP contribution in [0, 0.1) is 15.9 Å². The highest BCUT2D eigenvalue weighted by atomic mass is 32.2. The molecule has 0 atom stereocenters. The molecule has 7 nitrogen and oxygen atoms in total. The smallest absolute Gasteiger partial charge is 0.339 e. The highest BCUT2D eigenvalue weighted by molar-refractivity contribution is 7.91. The van der Waals surface area contributed by atoms with Crippen LogP contribution in [0.3, 0.4) is 0 Å². The van der Waals surface area contributed by atoms with Gasteiger partial charge in [0.25, 0.3) is 5.69 Å². The fraction of sp³-hybridized carbons (Fsp3) is 0.0500. The van der Waals surface area contributed by atoms with Gasteiger partial charge in [-0.25, -0.2) is 17.6 Å². The predicted molar refractivity (Wildman–Crippen MR) is 101 cm³/mol. The first-order chi connectivity index (χ1) is 13.8. The quantitative estimate of drug-likeness (QED) is 0.343. The molecular weight excluding hydrogens is 401 g/mol. The first-order valence-electron chi connectivity index (χ1n) is 8.30. The van der Waals surface area contributed by atoms with Gasteiger partial charge in [-0.15, -0.1) is 0 Å². The molecule has 3 aromatic carbocycles. The zero-order valence-electron chi connectivity index (χ0n) is 14.8. The minimum Gasteiger partial charge on any atom is -0.457 e. The van der Waals surface area contributed by atoms with Crippen LogP contribution in [-0.4, -0.2) is 19.3 Å². The Morgan fingerprint density at radius 1 is 0.931 bits per heavy atom. The van der Waals surface area contributed by atoms with Crippen LogP contribution in [0.5, 0.6) is 0 Å². The Kier molecular flexibility index (Phi) is 5.69. The number of sulfone groups is 1. The lowest BCUT2D eigenvalue weighted by Gasteiger charge is -2.11. The number of nitro groups is 1. The molecule has 0 N–H and O–H groups in total. The van der Waals surface area contributed by atoms with Gasteiger partial charge in [-0.1, -0.05) is 42.5 Å². The lowest BCUT2D eigenvalue weighted by Crippen LogP contribution is -2.13. The molecule has 0 radical (unpaired) electrons. The van der Waals surface area contributed by atoms with Crippen molar-refractivity contribution in [3.8, 4) is 0 Å². The van der Waals surface area contributed by atoms with Gasteiger partial charge < -0.3 is 4.74 Å². The summed E-state index contributed by atoms with van der Waals surface area (Å²) in [6, 6.07) is 15.7. The Morgan fingerprint density at radius 2 is 1.52 bits per heavy atom. The Morgan fingerprint density at radius 3 is 2.21 bits per heavy atom. The highest BCUT2D eigenvalue weighted by Crippen LogP contribution is 2.31. The Balaban J connectivity index is 1.98. The van der Waals surface area contributed by atoms with E-state index in [0.717, 1.165) is 18.2 Å². The zero-order chi connectivity index (χ0) is 21.0. The van der Waals surface area contributed by atoms with Gasteiger partial charge in [-0.05, 0) is 24.3 Å². The number of halogens is 1. The van der Waals surface area contributed by atoms with Crippen molar-refractivity contribution in [1.82, 2.24) is 0 Å². The molecule has 0 spiro atoms. The first-order valence-corrected chi connectivity index (χ1v) is 9.79. The third kappa shape index (κ3) is 4.14. The van der Waals surface area contributed by atoms with E-state index in [-0.39, 0.29) is 11.1 Å². The molecule has 3 aromatic rings. The largest absolute Gasteiger partial charge is 0.457 e. The molecule has 29 heavy (non-hydrogen) atoms. The fourth-order valence-corrected chi connectivity index (χ4v) is 4.27. The van der Waals surface area contributed by atoms with E-state index in [1.807, 2.05) is 0 Å². The number of para-hydroxylation sites is 1. The van der Waals surface area contributed by atoms with Crippen molar-refractivity contribution in [2.24, 2.45) is 0 Å². The third-order valence-electron chi connectivity index (χ3n) is 4.06. The number of carbonyl (C=O) groups excluding carboxylic acids is 1. The van der Waals surface area contributed by atoms with E-state index in [9.17, 15) is 27.7 Å². The maximum atomic E-state index is 13.7. The van der Waals surface area contributed by atoms with Crippen LogP contribution >= 0.6 is 0 Å². The van der Waals surface area contributed by atoms with Crippen LogP contribution < -0.4 is 0 Å². The van der Waals surface area contributed by atoms with Crippen LogP contribution in [0.4, 0.5) is 10.1 Å². The number of benzene rings is 3. The molecule has 0 unspecified atom stereocenters. The number of hydrogen-bond donors (Lipinski definition) is 0. The molecule has 0 aromatic heterocycles. The van der Waals surface area contributed by atoms with Gasteiger partial charge in [0, 0.05) is 11.6 Å². The van der Waals surface area contributed by atoms with Gasteiger partial charge in [-0.2, -0.15) is 0 Å². The average Bonchev–Trinajstić information content (AvgIpc) is 2.73. The molecule has 0 aliphatic carbocycles. The maximum absolute atomic E-state index is 13.7. The minimum absolute atomic E-state index is 0.125. The number of esters is 1. The van der Waals surface area contributed by atoms with Crippen LogP contribution in [-0.2, 0) is 21.2 Å².